The highest BCUT2D eigenvalue weighted by Crippen LogP contribution is 2.37. The lowest BCUT2D eigenvalue weighted by molar-refractivity contribution is -0.118. The van der Waals surface area contributed by atoms with E-state index in [4.69, 9.17) is 18.9 Å². The predicted molar refractivity (Wildman–Crippen MR) is 98.9 cm³/mol. The summed E-state index contributed by atoms with van der Waals surface area (Å²) in [6, 6.07) is 10.2. The van der Waals surface area contributed by atoms with Gasteiger partial charge in [0, 0.05) is 11.6 Å². The van der Waals surface area contributed by atoms with Gasteiger partial charge in [-0.05, 0) is 43.7 Å². The number of carbonyl (C=O) groups excluding carboxylic acids is 2. The number of anilines is 1. The molecule has 0 spiro atoms. The lowest BCUT2D eigenvalue weighted by atomic mass is 10.1. The van der Waals surface area contributed by atoms with E-state index >= 15 is 0 Å². The Kier molecular flexibility index (Phi) is 5.80. The number of amides is 1. The van der Waals surface area contributed by atoms with Crippen LogP contribution in [0.1, 0.15) is 30.6 Å². The second kappa shape index (κ2) is 8.44. The number of rotatable bonds is 8. The zero-order valence-corrected chi connectivity index (χ0v) is 15.2. The molecule has 1 N–H and O–H groups in total. The fourth-order valence-electron chi connectivity index (χ4n) is 2.52. The Labute approximate surface area is 157 Å². The van der Waals surface area contributed by atoms with Gasteiger partial charge in [0.15, 0.2) is 23.9 Å². The molecule has 1 aliphatic rings. The molecule has 1 amide bonds. The molecule has 7 nitrogen and oxygen atoms in total. The molecule has 1 heterocycles. The van der Waals surface area contributed by atoms with Gasteiger partial charge in [0.25, 0.3) is 5.91 Å². The maximum atomic E-state index is 12.2. The molecule has 0 aliphatic carbocycles. The molecule has 1 aliphatic heterocycles. The summed E-state index contributed by atoms with van der Waals surface area (Å²) in [7, 11) is 0. The van der Waals surface area contributed by atoms with Crippen molar-refractivity contribution in [3.05, 3.63) is 42.0 Å². The molecule has 27 heavy (non-hydrogen) atoms. The average molecular weight is 371 g/mol. The van der Waals surface area contributed by atoms with E-state index in [1.807, 2.05) is 6.92 Å². The number of hydrogen-bond acceptors (Lipinski definition) is 6. The molecular formula is C20H21NO6. The third kappa shape index (κ3) is 4.69. The van der Waals surface area contributed by atoms with Gasteiger partial charge in [-0.25, -0.2) is 0 Å². The van der Waals surface area contributed by atoms with Crippen LogP contribution in [0.2, 0.25) is 0 Å². The first-order valence-corrected chi connectivity index (χ1v) is 8.67. The third-order valence-corrected chi connectivity index (χ3v) is 3.83. The number of ketones is 1. The molecule has 0 unspecified atom stereocenters. The van der Waals surface area contributed by atoms with E-state index in [9.17, 15) is 9.59 Å². The molecule has 3 rings (SSSR count). The van der Waals surface area contributed by atoms with Crippen LogP contribution in [0.3, 0.4) is 0 Å². The number of ether oxygens (including phenoxy) is 4. The van der Waals surface area contributed by atoms with Crippen molar-refractivity contribution in [3.8, 4) is 23.0 Å². The summed E-state index contributed by atoms with van der Waals surface area (Å²) in [5, 5.41) is 2.69. The van der Waals surface area contributed by atoms with Crippen LogP contribution in [-0.2, 0) is 4.79 Å². The minimum atomic E-state index is -0.386. The molecule has 7 heteroatoms. The molecule has 0 saturated carbocycles. The average Bonchev–Trinajstić information content (AvgIpc) is 3.12. The second-order valence-corrected chi connectivity index (χ2v) is 5.96. The van der Waals surface area contributed by atoms with Crippen LogP contribution >= 0.6 is 0 Å². The summed E-state index contributed by atoms with van der Waals surface area (Å²) in [6.07, 6.45) is 0.931. The predicted octanol–water partition coefficient (Wildman–Crippen LogP) is 3.42. The van der Waals surface area contributed by atoms with Gasteiger partial charge in [-0.1, -0.05) is 6.92 Å². The molecule has 0 aromatic heterocycles. The maximum absolute atomic E-state index is 12.2. The summed E-state index contributed by atoms with van der Waals surface area (Å²) in [4.78, 5) is 24.1. The van der Waals surface area contributed by atoms with Gasteiger partial charge < -0.3 is 24.3 Å². The van der Waals surface area contributed by atoms with Crippen molar-refractivity contribution in [2.45, 2.75) is 20.3 Å². The van der Waals surface area contributed by atoms with Crippen molar-refractivity contribution in [2.75, 3.05) is 25.3 Å². The highest BCUT2D eigenvalue weighted by molar-refractivity contribution is 6.04. The minimum absolute atomic E-state index is 0.0884. The number of fused-ring (bicyclic) bond motifs is 1. The van der Waals surface area contributed by atoms with Crippen molar-refractivity contribution in [1.82, 2.24) is 0 Å². The number of hydrogen-bond donors (Lipinski definition) is 1. The van der Waals surface area contributed by atoms with Crippen LogP contribution in [0.15, 0.2) is 36.4 Å². The van der Waals surface area contributed by atoms with E-state index in [-0.39, 0.29) is 25.1 Å². The smallest absolute Gasteiger partial charge is 0.262 e. The Morgan fingerprint density at radius 1 is 1.04 bits per heavy atom. The Morgan fingerprint density at radius 2 is 1.67 bits per heavy atom. The van der Waals surface area contributed by atoms with Crippen molar-refractivity contribution in [2.24, 2.45) is 0 Å². The fraction of sp³-hybridized carbons (Fsp3) is 0.300. The van der Waals surface area contributed by atoms with Crippen molar-refractivity contribution in [3.63, 3.8) is 0 Å². The first-order valence-electron chi connectivity index (χ1n) is 8.67. The summed E-state index contributed by atoms with van der Waals surface area (Å²) in [5.74, 6) is 1.69. The first-order chi connectivity index (χ1) is 13.1. The van der Waals surface area contributed by atoms with Crippen LogP contribution in [0.4, 0.5) is 5.69 Å². The van der Waals surface area contributed by atoms with Crippen LogP contribution in [0.5, 0.6) is 23.0 Å². The lowest BCUT2D eigenvalue weighted by Gasteiger charge is -2.12. The molecular weight excluding hydrogens is 350 g/mol. The molecule has 0 atom stereocenters. The molecule has 2 aromatic rings. The molecule has 0 saturated heterocycles. The maximum Gasteiger partial charge on any atom is 0.262 e. The zero-order valence-electron chi connectivity index (χ0n) is 15.2. The molecule has 142 valence electrons. The SMILES string of the molecule is CCCOc1ccc(OCC(=O)Nc2cc3c(cc2C(C)=O)OCO3)cc1. The Balaban J connectivity index is 1.60. The van der Waals surface area contributed by atoms with Gasteiger partial charge in [-0.2, -0.15) is 0 Å². The van der Waals surface area contributed by atoms with E-state index in [1.54, 1.807) is 36.4 Å². The Morgan fingerprint density at radius 3 is 2.30 bits per heavy atom. The highest BCUT2D eigenvalue weighted by atomic mass is 16.7. The van der Waals surface area contributed by atoms with Gasteiger partial charge in [-0.3, -0.25) is 9.59 Å². The van der Waals surface area contributed by atoms with Gasteiger partial charge >= 0.3 is 0 Å². The number of carbonyl (C=O) groups is 2. The van der Waals surface area contributed by atoms with E-state index < -0.39 is 0 Å². The van der Waals surface area contributed by atoms with E-state index in [2.05, 4.69) is 5.32 Å². The number of nitrogens with one attached hydrogen (secondary N) is 1. The van der Waals surface area contributed by atoms with Crippen LogP contribution in [-0.4, -0.2) is 31.7 Å². The minimum Gasteiger partial charge on any atom is -0.494 e. The summed E-state index contributed by atoms with van der Waals surface area (Å²) < 4.78 is 21.5. The standard InChI is InChI=1S/C20H21NO6/c1-3-8-24-14-4-6-15(7-5-14)25-11-20(23)21-17-10-19-18(26-12-27-19)9-16(17)13(2)22/h4-7,9-10H,3,8,11-12H2,1-2H3,(H,21,23). The van der Waals surface area contributed by atoms with Crippen molar-refractivity contribution >= 4 is 17.4 Å². The van der Waals surface area contributed by atoms with Crippen molar-refractivity contribution in [1.29, 1.82) is 0 Å². The molecule has 0 radical (unpaired) electrons. The largest absolute Gasteiger partial charge is 0.494 e. The van der Waals surface area contributed by atoms with Crippen molar-refractivity contribution < 1.29 is 28.5 Å². The second-order valence-electron chi connectivity index (χ2n) is 5.96. The molecule has 2 aromatic carbocycles. The number of Topliss-reactive ketones (excluding diaryl/α,β-unsaturated/α-hetero) is 1. The zero-order chi connectivity index (χ0) is 19.2. The Hall–Kier alpha value is -3.22. The first kappa shape index (κ1) is 18.6. The van der Waals surface area contributed by atoms with E-state index in [1.165, 1.54) is 6.92 Å². The van der Waals surface area contributed by atoms with E-state index in [0.29, 0.717) is 35.1 Å². The quantitative estimate of drug-likeness (QED) is 0.716. The molecule has 0 bridgehead atoms. The van der Waals surface area contributed by atoms with Gasteiger partial charge in [0.2, 0.25) is 6.79 Å². The summed E-state index contributed by atoms with van der Waals surface area (Å²) >= 11 is 0. The lowest BCUT2D eigenvalue weighted by Crippen LogP contribution is -2.21. The topological polar surface area (TPSA) is 83.1 Å². The molecule has 0 fully saturated rings. The Bertz CT molecular complexity index is 831. The van der Waals surface area contributed by atoms with Gasteiger partial charge in [0.1, 0.15) is 11.5 Å². The number of benzene rings is 2. The van der Waals surface area contributed by atoms with Crippen LogP contribution in [0.25, 0.3) is 0 Å². The monoisotopic (exact) mass is 371 g/mol. The van der Waals surface area contributed by atoms with Crippen LogP contribution in [0, 0.1) is 0 Å². The summed E-state index contributed by atoms with van der Waals surface area (Å²) in [6.45, 7) is 4.00. The fourth-order valence-corrected chi connectivity index (χ4v) is 2.52. The highest BCUT2D eigenvalue weighted by Gasteiger charge is 2.20. The third-order valence-electron chi connectivity index (χ3n) is 3.83. The normalized spacial score (nSPS) is 11.8. The van der Waals surface area contributed by atoms with E-state index in [0.717, 1.165) is 12.2 Å². The summed E-state index contributed by atoms with van der Waals surface area (Å²) in [5.41, 5.74) is 0.716. The van der Waals surface area contributed by atoms with Gasteiger partial charge in [0.05, 0.1) is 12.3 Å². The van der Waals surface area contributed by atoms with Crippen LogP contribution < -0.4 is 24.3 Å². The van der Waals surface area contributed by atoms with Gasteiger partial charge in [-0.15, -0.1) is 0 Å².